The van der Waals surface area contributed by atoms with Crippen molar-refractivity contribution in [2.24, 2.45) is 0 Å². The molecule has 0 spiro atoms. The molecule has 5 rings (SSSR count). The topological polar surface area (TPSA) is 76.4 Å². The number of rotatable bonds is 4. The number of amides is 1. The lowest BCUT2D eigenvalue weighted by molar-refractivity contribution is -0.0418. The van der Waals surface area contributed by atoms with Crippen LogP contribution in [0.3, 0.4) is 0 Å². The van der Waals surface area contributed by atoms with E-state index in [-0.39, 0.29) is 29.9 Å². The number of nitrogens with zero attached hydrogens (tertiary/aromatic N) is 4. The molecule has 2 fully saturated rings. The van der Waals surface area contributed by atoms with Crippen molar-refractivity contribution in [2.75, 3.05) is 31.1 Å². The zero-order chi connectivity index (χ0) is 27.9. The van der Waals surface area contributed by atoms with Crippen LogP contribution in [0.25, 0.3) is 16.9 Å². The average molecular weight is 539 g/mol. The Morgan fingerprint density at radius 2 is 1.95 bits per heavy atom. The lowest BCUT2D eigenvalue weighted by atomic mass is 10.0. The number of benzene rings is 1. The molecule has 1 amide bonds. The van der Waals surface area contributed by atoms with Crippen LogP contribution >= 0.6 is 0 Å². The molecule has 3 aromatic rings. The summed E-state index contributed by atoms with van der Waals surface area (Å²) in [6.45, 7) is 8.82. The molecule has 0 aliphatic carbocycles. The van der Waals surface area contributed by atoms with E-state index in [2.05, 4.69) is 4.98 Å². The van der Waals surface area contributed by atoms with Gasteiger partial charge in [-0.25, -0.2) is 23.4 Å². The van der Waals surface area contributed by atoms with E-state index < -0.39 is 29.4 Å². The lowest BCUT2D eigenvalue weighted by Crippen LogP contribution is -2.48. The molecular formula is C29H32F2N4O4. The predicted molar refractivity (Wildman–Crippen MR) is 142 cm³/mol. The Labute approximate surface area is 225 Å². The normalized spacial score (nSPS) is 18.1. The number of ether oxygens (including phenoxy) is 2. The van der Waals surface area contributed by atoms with Crippen molar-refractivity contribution < 1.29 is 27.8 Å². The SMILES string of the molecule is Cc1ccn2c(C[C@H]3CN(C(=O)OC(C)(C)C)CCO3)c(-c3c(F)cc(N4CCCC4=C=O)cc3F)nc2c1. The average Bonchev–Trinajstić information content (AvgIpc) is 3.47. The number of aryl methyl sites for hydroxylation is 1. The molecule has 2 aromatic heterocycles. The number of carbonyl (C=O) groups is 1. The van der Waals surface area contributed by atoms with Crippen LogP contribution in [0.1, 0.15) is 44.9 Å². The molecule has 1 aromatic carbocycles. The van der Waals surface area contributed by atoms with Crippen LogP contribution in [0.2, 0.25) is 0 Å². The van der Waals surface area contributed by atoms with Gasteiger partial charge in [0.15, 0.2) is 0 Å². The minimum atomic E-state index is -0.775. The maximum atomic E-state index is 15.6. The maximum absolute atomic E-state index is 15.6. The zero-order valence-electron chi connectivity index (χ0n) is 22.6. The molecule has 4 heterocycles. The summed E-state index contributed by atoms with van der Waals surface area (Å²) in [6, 6.07) is 6.22. The smallest absolute Gasteiger partial charge is 0.410 e. The number of hydrogen-bond acceptors (Lipinski definition) is 6. The second-order valence-electron chi connectivity index (χ2n) is 11.1. The van der Waals surface area contributed by atoms with Crippen LogP contribution in [0.5, 0.6) is 0 Å². The molecule has 1 atom stereocenters. The fourth-order valence-corrected chi connectivity index (χ4v) is 5.15. The van der Waals surface area contributed by atoms with Crippen molar-refractivity contribution in [1.29, 1.82) is 0 Å². The molecule has 39 heavy (non-hydrogen) atoms. The maximum Gasteiger partial charge on any atom is 0.410 e. The van der Waals surface area contributed by atoms with Gasteiger partial charge in [-0.15, -0.1) is 0 Å². The van der Waals surface area contributed by atoms with Crippen molar-refractivity contribution >= 4 is 23.4 Å². The van der Waals surface area contributed by atoms with Crippen LogP contribution in [-0.4, -0.2) is 64.3 Å². The summed E-state index contributed by atoms with van der Waals surface area (Å²) in [5.74, 6) is 0.331. The third kappa shape index (κ3) is 5.53. The summed E-state index contributed by atoms with van der Waals surface area (Å²) < 4.78 is 44.6. The highest BCUT2D eigenvalue weighted by Crippen LogP contribution is 2.36. The van der Waals surface area contributed by atoms with Crippen LogP contribution < -0.4 is 4.90 Å². The Balaban J connectivity index is 1.51. The van der Waals surface area contributed by atoms with Gasteiger partial charge in [-0.3, -0.25) is 0 Å². The molecule has 10 heteroatoms. The van der Waals surface area contributed by atoms with Crippen LogP contribution in [0, 0.1) is 18.6 Å². The third-order valence-electron chi connectivity index (χ3n) is 6.91. The van der Waals surface area contributed by atoms with E-state index in [1.165, 1.54) is 12.1 Å². The monoisotopic (exact) mass is 538 g/mol. The Morgan fingerprint density at radius 1 is 1.21 bits per heavy atom. The Bertz CT molecular complexity index is 1450. The number of pyridine rings is 1. The summed E-state index contributed by atoms with van der Waals surface area (Å²) in [6.07, 6.45) is 2.47. The van der Waals surface area contributed by atoms with Crippen LogP contribution in [-0.2, 0) is 20.7 Å². The van der Waals surface area contributed by atoms with Crippen molar-refractivity contribution in [2.45, 2.75) is 58.7 Å². The summed E-state index contributed by atoms with van der Waals surface area (Å²) >= 11 is 0. The fourth-order valence-electron chi connectivity index (χ4n) is 5.15. The molecule has 8 nitrogen and oxygen atoms in total. The van der Waals surface area contributed by atoms with E-state index in [0.717, 1.165) is 5.56 Å². The summed E-state index contributed by atoms with van der Waals surface area (Å²) in [5, 5.41) is 0. The number of anilines is 1. The van der Waals surface area contributed by atoms with Crippen LogP contribution in [0.15, 0.2) is 36.2 Å². The molecule has 0 saturated carbocycles. The number of morpholine rings is 1. The van der Waals surface area contributed by atoms with E-state index >= 15 is 8.78 Å². The molecule has 2 aliphatic heterocycles. The van der Waals surface area contributed by atoms with Gasteiger partial charge < -0.3 is 23.7 Å². The van der Waals surface area contributed by atoms with Gasteiger partial charge in [-0.05, 0) is 63.9 Å². The summed E-state index contributed by atoms with van der Waals surface area (Å²) in [4.78, 5) is 31.8. The number of fused-ring (bicyclic) bond motifs is 1. The second kappa shape index (κ2) is 10.4. The molecule has 0 unspecified atom stereocenters. The number of imidazole rings is 1. The Kier molecular flexibility index (Phi) is 7.18. The van der Waals surface area contributed by atoms with Gasteiger partial charge in [0, 0.05) is 37.8 Å². The molecule has 0 radical (unpaired) electrons. The number of aromatic nitrogens is 2. The lowest BCUT2D eigenvalue weighted by Gasteiger charge is -2.34. The van der Waals surface area contributed by atoms with E-state index in [1.807, 2.05) is 52.0 Å². The Hall–Kier alpha value is -3.75. The number of hydrogen-bond donors (Lipinski definition) is 0. The first-order valence-corrected chi connectivity index (χ1v) is 13.1. The number of allylic oxidation sites excluding steroid dienone is 1. The van der Waals surface area contributed by atoms with E-state index in [4.69, 9.17) is 9.47 Å². The molecule has 206 valence electrons. The van der Waals surface area contributed by atoms with Gasteiger partial charge in [0.1, 0.15) is 34.5 Å². The zero-order valence-corrected chi connectivity index (χ0v) is 22.6. The number of carbonyl (C=O) groups excluding carboxylic acids is 2. The van der Waals surface area contributed by atoms with E-state index in [1.54, 1.807) is 14.2 Å². The summed E-state index contributed by atoms with van der Waals surface area (Å²) in [5.41, 5.74) is 2.03. The minimum Gasteiger partial charge on any atom is -0.444 e. The predicted octanol–water partition coefficient (Wildman–Crippen LogP) is 5.08. The van der Waals surface area contributed by atoms with E-state index in [9.17, 15) is 9.59 Å². The second-order valence-corrected chi connectivity index (χ2v) is 11.1. The molecular weight excluding hydrogens is 506 g/mol. The highest BCUT2D eigenvalue weighted by molar-refractivity contribution is 5.73. The summed E-state index contributed by atoms with van der Waals surface area (Å²) in [7, 11) is 0. The first kappa shape index (κ1) is 26.8. The Morgan fingerprint density at radius 3 is 2.64 bits per heavy atom. The van der Waals surface area contributed by atoms with Crippen molar-refractivity contribution in [3.8, 4) is 11.3 Å². The largest absolute Gasteiger partial charge is 0.444 e. The first-order chi connectivity index (χ1) is 18.5. The van der Waals surface area contributed by atoms with Gasteiger partial charge in [0.2, 0.25) is 0 Å². The van der Waals surface area contributed by atoms with Gasteiger partial charge >= 0.3 is 6.09 Å². The van der Waals surface area contributed by atoms with Crippen LogP contribution in [0.4, 0.5) is 19.3 Å². The van der Waals surface area contributed by atoms with Crippen molar-refractivity contribution in [3.63, 3.8) is 0 Å². The highest BCUT2D eigenvalue weighted by atomic mass is 19.1. The number of halogens is 2. The van der Waals surface area contributed by atoms with Crippen molar-refractivity contribution in [3.05, 3.63) is 59.1 Å². The molecule has 0 bridgehead atoms. The molecule has 2 aliphatic rings. The van der Waals surface area contributed by atoms with Gasteiger partial charge in [0.25, 0.3) is 0 Å². The van der Waals surface area contributed by atoms with Gasteiger partial charge in [-0.1, -0.05) is 0 Å². The van der Waals surface area contributed by atoms with Crippen molar-refractivity contribution in [1.82, 2.24) is 14.3 Å². The standard InChI is InChI=1S/C29H32F2N4O4/c1-18-7-9-35-24(15-21-16-33(10-11-38-21)28(37)39-29(2,3)4)27(32-25(35)12-18)26-22(30)13-20(14-23(26)31)34-8-5-6-19(34)17-36/h7,9,12-14,21H,5-6,8,10-11,15-16H2,1-4H3/t21-/m0/s1. The van der Waals surface area contributed by atoms with Gasteiger partial charge in [0.05, 0.1) is 36.2 Å². The quantitative estimate of drug-likeness (QED) is 0.431. The fraction of sp³-hybridized carbons (Fsp3) is 0.448. The highest BCUT2D eigenvalue weighted by Gasteiger charge is 2.31. The van der Waals surface area contributed by atoms with E-state index in [0.29, 0.717) is 49.6 Å². The molecule has 0 N–H and O–H groups in total. The first-order valence-electron chi connectivity index (χ1n) is 13.1. The minimum absolute atomic E-state index is 0.174. The molecule has 2 saturated heterocycles. The third-order valence-corrected chi connectivity index (χ3v) is 6.91. The van der Waals surface area contributed by atoms with Gasteiger partial charge in [-0.2, -0.15) is 0 Å².